The number of para-hydroxylation sites is 4. The van der Waals surface area contributed by atoms with Gasteiger partial charge in [0.1, 0.15) is 17.9 Å². The molecule has 5 aromatic rings. The van der Waals surface area contributed by atoms with Gasteiger partial charge in [-0.3, -0.25) is 0 Å². The number of aromatic nitrogens is 3. The van der Waals surface area contributed by atoms with Crippen LogP contribution in [0.25, 0.3) is 33.1 Å². The molecule has 2 heterocycles. The van der Waals surface area contributed by atoms with Crippen molar-refractivity contribution in [2.24, 2.45) is 0 Å². The summed E-state index contributed by atoms with van der Waals surface area (Å²) in [7, 11) is 0. The molecule has 0 saturated carbocycles. The molecule has 0 amide bonds. The van der Waals surface area contributed by atoms with Crippen LogP contribution in [0, 0.1) is 6.92 Å². The van der Waals surface area contributed by atoms with Crippen LogP contribution in [-0.2, 0) is 6.54 Å². The van der Waals surface area contributed by atoms with Crippen LogP contribution in [-0.4, -0.2) is 21.1 Å². The summed E-state index contributed by atoms with van der Waals surface area (Å²) in [6, 6.07) is 21.8. The molecule has 0 unspecified atom stereocenters. The lowest BCUT2D eigenvalue weighted by atomic mass is 10.1. The Morgan fingerprint density at radius 2 is 1.64 bits per heavy atom. The summed E-state index contributed by atoms with van der Waals surface area (Å²) in [6.07, 6.45) is 0. The number of fused-ring (bicyclic) bond motifs is 4. The lowest BCUT2D eigenvalue weighted by molar-refractivity contribution is 0.302. The topological polar surface area (TPSA) is 39.9 Å². The molecule has 4 nitrogen and oxygen atoms in total. The van der Waals surface area contributed by atoms with Crippen molar-refractivity contribution >= 4 is 44.7 Å². The van der Waals surface area contributed by atoms with Crippen molar-refractivity contribution in [3.8, 4) is 5.75 Å². The maximum Gasteiger partial charge on any atom is 0.160 e. The van der Waals surface area contributed by atoms with E-state index < -0.39 is 0 Å². The highest BCUT2D eigenvalue weighted by Gasteiger charge is 2.16. The van der Waals surface area contributed by atoms with E-state index in [-0.39, 0.29) is 0 Å². The Morgan fingerprint density at radius 3 is 2.46 bits per heavy atom. The minimum atomic E-state index is 0.492. The third kappa shape index (κ3) is 2.77. The Bertz CT molecular complexity index is 1330. The lowest BCUT2D eigenvalue weighted by Gasteiger charge is -2.11. The van der Waals surface area contributed by atoms with Gasteiger partial charge in [0.2, 0.25) is 0 Å². The van der Waals surface area contributed by atoms with Crippen molar-refractivity contribution in [3.63, 3.8) is 0 Å². The molecule has 2 aromatic heterocycles. The van der Waals surface area contributed by atoms with Gasteiger partial charge in [-0.15, -0.1) is 0 Å². The minimum Gasteiger partial charge on any atom is -0.490 e. The molecule has 3 aromatic carbocycles. The van der Waals surface area contributed by atoms with E-state index in [0.717, 1.165) is 33.1 Å². The second kappa shape index (κ2) is 6.80. The first-order valence-corrected chi connectivity index (χ1v) is 9.62. The molecular formula is C23H18ClN3O. The molecule has 0 fully saturated rings. The standard InChI is InChI=1S/C23H18ClN3O/c1-15-7-6-8-16-21-23(26-19-11-4-3-10-18(19)25-21)27(22(15)16)13-14-28-20-12-5-2-9-17(20)24/h2-12H,13-14H2,1H3. The highest BCUT2D eigenvalue weighted by molar-refractivity contribution is 6.32. The molecule has 0 N–H and O–H groups in total. The average molecular weight is 388 g/mol. The van der Waals surface area contributed by atoms with Crippen LogP contribution in [0.1, 0.15) is 5.56 Å². The maximum atomic E-state index is 6.21. The number of aryl methyl sites for hydroxylation is 1. The van der Waals surface area contributed by atoms with Crippen LogP contribution >= 0.6 is 11.6 Å². The first-order valence-electron chi connectivity index (χ1n) is 9.24. The summed E-state index contributed by atoms with van der Waals surface area (Å²) >= 11 is 6.21. The summed E-state index contributed by atoms with van der Waals surface area (Å²) in [5.74, 6) is 0.693. The molecule has 0 aliphatic carbocycles. The molecule has 0 aliphatic rings. The number of halogens is 1. The number of rotatable bonds is 4. The van der Waals surface area contributed by atoms with Gasteiger partial charge >= 0.3 is 0 Å². The Morgan fingerprint density at radius 1 is 0.893 bits per heavy atom. The zero-order valence-corrected chi connectivity index (χ0v) is 16.1. The number of ether oxygens (including phenoxy) is 1. The molecule has 5 rings (SSSR count). The van der Waals surface area contributed by atoms with Crippen molar-refractivity contribution < 1.29 is 4.74 Å². The third-order valence-corrected chi connectivity index (χ3v) is 5.29. The number of hydrogen-bond donors (Lipinski definition) is 0. The molecular weight excluding hydrogens is 370 g/mol. The highest BCUT2D eigenvalue weighted by Crippen LogP contribution is 2.30. The Balaban J connectivity index is 1.63. The molecule has 0 aliphatic heterocycles. The van der Waals surface area contributed by atoms with Gasteiger partial charge in [-0.05, 0) is 36.8 Å². The summed E-state index contributed by atoms with van der Waals surface area (Å²) in [5, 5.41) is 1.73. The molecule has 28 heavy (non-hydrogen) atoms. The van der Waals surface area contributed by atoms with Gasteiger partial charge in [0.25, 0.3) is 0 Å². The van der Waals surface area contributed by atoms with Gasteiger partial charge in [0.15, 0.2) is 5.65 Å². The van der Waals surface area contributed by atoms with Crippen LogP contribution < -0.4 is 4.74 Å². The number of nitrogens with zero attached hydrogens (tertiary/aromatic N) is 3. The molecule has 138 valence electrons. The lowest BCUT2D eigenvalue weighted by Crippen LogP contribution is -2.09. The predicted molar refractivity (Wildman–Crippen MR) is 114 cm³/mol. The van der Waals surface area contributed by atoms with Gasteiger partial charge < -0.3 is 9.30 Å². The SMILES string of the molecule is Cc1cccc2c3nc4ccccc4nc3n(CCOc3ccccc3Cl)c12. The third-order valence-electron chi connectivity index (χ3n) is 4.98. The summed E-state index contributed by atoms with van der Waals surface area (Å²) < 4.78 is 8.14. The van der Waals surface area contributed by atoms with E-state index in [0.29, 0.717) is 23.9 Å². The highest BCUT2D eigenvalue weighted by atomic mass is 35.5. The van der Waals surface area contributed by atoms with Gasteiger partial charge in [0, 0.05) is 5.39 Å². The Kier molecular flexibility index (Phi) is 4.14. The monoisotopic (exact) mass is 387 g/mol. The predicted octanol–water partition coefficient (Wildman–Crippen LogP) is 5.78. The van der Waals surface area contributed by atoms with Gasteiger partial charge in [-0.2, -0.15) is 0 Å². The first kappa shape index (κ1) is 17.0. The van der Waals surface area contributed by atoms with Gasteiger partial charge in [0.05, 0.1) is 28.1 Å². The molecule has 0 radical (unpaired) electrons. The molecule has 0 spiro atoms. The Labute approximate surface area is 167 Å². The van der Waals surface area contributed by atoms with Crippen molar-refractivity contribution in [2.45, 2.75) is 13.5 Å². The van der Waals surface area contributed by atoms with Gasteiger partial charge in [-0.25, -0.2) is 9.97 Å². The largest absolute Gasteiger partial charge is 0.490 e. The van der Waals surface area contributed by atoms with E-state index in [1.54, 1.807) is 0 Å². The van der Waals surface area contributed by atoms with E-state index in [1.165, 1.54) is 5.56 Å². The van der Waals surface area contributed by atoms with Crippen LogP contribution in [0.4, 0.5) is 0 Å². The van der Waals surface area contributed by atoms with Crippen molar-refractivity contribution in [1.82, 2.24) is 14.5 Å². The van der Waals surface area contributed by atoms with Crippen LogP contribution in [0.5, 0.6) is 5.75 Å². The number of benzene rings is 3. The fourth-order valence-electron chi connectivity index (χ4n) is 3.70. The van der Waals surface area contributed by atoms with E-state index >= 15 is 0 Å². The summed E-state index contributed by atoms with van der Waals surface area (Å²) in [5.41, 5.74) is 5.95. The fraction of sp³-hybridized carbons (Fsp3) is 0.130. The summed E-state index contributed by atoms with van der Waals surface area (Å²) in [4.78, 5) is 9.82. The minimum absolute atomic E-state index is 0.492. The van der Waals surface area contributed by atoms with E-state index in [4.69, 9.17) is 26.3 Å². The average Bonchev–Trinajstić information content (AvgIpc) is 3.02. The molecule has 0 bridgehead atoms. The smallest absolute Gasteiger partial charge is 0.160 e. The fourth-order valence-corrected chi connectivity index (χ4v) is 3.89. The molecule has 5 heteroatoms. The second-order valence-electron chi connectivity index (χ2n) is 6.79. The zero-order chi connectivity index (χ0) is 19.1. The van der Waals surface area contributed by atoms with E-state index in [9.17, 15) is 0 Å². The first-order chi connectivity index (χ1) is 13.7. The van der Waals surface area contributed by atoms with Crippen LogP contribution in [0.3, 0.4) is 0 Å². The van der Waals surface area contributed by atoms with Crippen molar-refractivity contribution in [3.05, 3.63) is 77.3 Å². The maximum absolute atomic E-state index is 6.21. The summed E-state index contributed by atoms with van der Waals surface area (Å²) in [6.45, 7) is 3.26. The van der Waals surface area contributed by atoms with Crippen LogP contribution in [0.2, 0.25) is 5.02 Å². The van der Waals surface area contributed by atoms with E-state index in [1.807, 2.05) is 48.5 Å². The normalized spacial score (nSPS) is 11.5. The second-order valence-corrected chi connectivity index (χ2v) is 7.19. The molecule has 0 atom stereocenters. The van der Waals surface area contributed by atoms with Crippen LogP contribution in [0.15, 0.2) is 66.7 Å². The van der Waals surface area contributed by atoms with Crippen molar-refractivity contribution in [1.29, 1.82) is 0 Å². The Hall–Kier alpha value is -3.11. The quantitative estimate of drug-likeness (QED) is 0.392. The zero-order valence-electron chi connectivity index (χ0n) is 15.4. The molecule has 0 saturated heterocycles. The number of hydrogen-bond acceptors (Lipinski definition) is 3. The van der Waals surface area contributed by atoms with E-state index in [2.05, 4.69) is 29.7 Å². The van der Waals surface area contributed by atoms with Gasteiger partial charge in [-0.1, -0.05) is 54.1 Å². The van der Waals surface area contributed by atoms with Crippen molar-refractivity contribution in [2.75, 3.05) is 6.61 Å².